The van der Waals surface area contributed by atoms with Crippen LogP contribution in [0.2, 0.25) is 0 Å². The van der Waals surface area contributed by atoms with Gasteiger partial charge in [0.05, 0.1) is 12.1 Å². The number of thiophene rings is 1. The van der Waals surface area contributed by atoms with Gasteiger partial charge in [0.2, 0.25) is 5.95 Å². The van der Waals surface area contributed by atoms with Gasteiger partial charge < -0.3 is 10.6 Å². The highest BCUT2D eigenvalue weighted by Gasteiger charge is 2.08. The monoisotopic (exact) mass is 298 g/mol. The average Bonchev–Trinajstić information content (AvgIpc) is 2.99. The van der Waals surface area contributed by atoms with Gasteiger partial charge in [-0.15, -0.1) is 11.3 Å². The molecule has 0 unspecified atom stereocenters. The molecule has 3 rings (SSSR count). The Kier molecular flexibility index (Phi) is 4.01. The maximum Gasteiger partial charge on any atom is 0.224 e. The van der Waals surface area contributed by atoms with Gasteiger partial charge in [0.25, 0.3) is 0 Å². The molecule has 2 heterocycles. The van der Waals surface area contributed by atoms with Crippen molar-refractivity contribution in [1.29, 1.82) is 0 Å². The third-order valence-corrected chi connectivity index (χ3v) is 4.43. The molecule has 0 saturated carbocycles. The standard InChI is InChI=1S/C16H18N4S/c1-3-11-8-9-21-14(11)10-18-15-12-6-4-5-7-13(12)19-16(17-2)20-15/h4-9H,3,10H2,1-2H3,(H2,17,18,19,20). The highest BCUT2D eigenvalue weighted by molar-refractivity contribution is 7.10. The lowest BCUT2D eigenvalue weighted by molar-refractivity contribution is 1.06. The summed E-state index contributed by atoms with van der Waals surface area (Å²) in [6, 6.07) is 10.3. The lowest BCUT2D eigenvalue weighted by Gasteiger charge is -2.10. The van der Waals surface area contributed by atoms with Crippen molar-refractivity contribution in [2.45, 2.75) is 19.9 Å². The molecule has 0 spiro atoms. The summed E-state index contributed by atoms with van der Waals surface area (Å²) in [6.07, 6.45) is 1.06. The number of fused-ring (bicyclic) bond motifs is 1. The van der Waals surface area contributed by atoms with Crippen molar-refractivity contribution < 1.29 is 0 Å². The van der Waals surface area contributed by atoms with Crippen molar-refractivity contribution in [3.8, 4) is 0 Å². The van der Waals surface area contributed by atoms with Crippen LogP contribution in [0.15, 0.2) is 35.7 Å². The number of para-hydroxylation sites is 1. The quantitative estimate of drug-likeness (QED) is 0.750. The summed E-state index contributed by atoms with van der Waals surface area (Å²) in [5.74, 6) is 1.51. The van der Waals surface area contributed by atoms with Gasteiger partial charge in [-0.05, 0) is 35.6 Å². The second-order valence-electron chi connectivity index (χ2n) is 4.74. The molecule has 4 nitrogen and oxygen atoms in total. The van der Waals surface area contributed by atoms with E-state index >= 15 is 0 Å². The lowest BCUT2D eigenvalue weighted by Crippen LogP contribution is -2.05. The van der Waals surface area contributed by atoms with E-state index in [2.05, 4.69) is 39.0 Å². The number of benzene rings is 1. The zero-order valence-electron chi connectivity index (χ0n) is 12.2. The van der Waals surface area contributed by atoms with E-state index < -0.39 is 0 Å². The number of aryl methyl sites for hydroxylation is 1. The Balaban J connectivity index is 1.92. The number of rotatable bonds is 5. The van der Waals surface area contributed by atoms with Crippen molar-refractivity contribution in [1.82, 2.24) is 9.97 Å². The van der Waals surface area contributed by atoms with Gasteiger partial charge in [0.15, 0.2) is 0 Å². The molecule has 2 aromatic heterocycles. The molecule has 0 aliphatic heterocycles. The molecule has 0 bridgehead atoms. The third-order valence-electron chi connectivity index (χ3n) is 3.46. The van der Waals surface area contributed by atoms with Crippen molar-refractivity contribution in [2.75, 3.05) is 17.7 Å². The molecule has 5 heteroatoms. The zero-order chi connectivity index (χ0) is 14.7. The molecule has 2 N–H and O–H groups in total. The van der Waals surface area contributed by atoms with E-state index in [1.54, 1.807) is 11.3 Å². The first-order valence-corrected chi connectivity index (χ1v) is 7.93. The van der Waals surface area contributed by atoms with Gasteiger partial charge in [-0.3, -0.25) is 0 Å². The summed E-state index contributed by atoms with van der Waals surface area (Å²) in [4.78, 5) is 10.4. The minimum Gasteiger partial charge on any atom is -0.364 e. The Morgan fingerprint density at radius 2 is 2.00 bits per heavy atom. The van der Waals surface area contributed by atoms with E-state index in [1.807, 2.05) is 31.3 Å². The topological polar surface area (TPSA) is 49.8 Å². The van der Waals surface area contributed by atoms with E-state index in [-0.39, 0.29) is 0 Å². The molecule has 0 aliphatic carbocycles. The first-order valence-electron chi connectivity index (χ1n) is 7.05. The molecule has 0 radical (unpaired) electrons. The number of hydrogen-bond acceptors (Lipinski definition) is 5. The SMILES string of the molecule is CCc1ccsc1CNc1nc(NC)nc2ccccc12. The van der Waals surface area contributed by atoms with Crippen LogP contribution in [0.1, 0.15) is 17.4 Å². The van der Waals surface area contributed by atoms with Crippen LogP contribution in [-0.2, 0) is 13.0 Å². The Hall–Kier alpha value is -2.14. The van der Waals surface area contributed by atoms with Crippen molar-refractivity contribution in [3.05, 3.63) is 46.2 Å². The molecular weight excluding hydrogens is 280 g/mol. The van der Waals surface area contributed by atoms with Crippen LogP contribution in [-0.4, -0.2) is 17.0 Å². The van der Waals surface area contributed by atoms with E-state index in [0.29, 0.717) is 5.95 Å². The summed E-state index contributed by atoms with van der Waals surface area (Å²) in [5, 5.41) is 9.67. The maximum absolute atomic E-state index is 4.55. The fourth-order valence-electron chi connectivity index (χ4n) is 2.32. The van der Waals surface area contributed by atoms with Crippen molar-refractivity contribution in [2.24, 2.45) is 0 Å². The second-order valence-corrected chi connectivity index (χ2v) is 5.74. The minimum absolute atomic E-state index is 0.637. The van der Waals surface area contributed by atoms with Crippen LogP contribution in [0.4, 0.5) is 11.8 Å². The van der Waals surface area contributed by atoms with Crippen molar-refractivity contribution >= 4 is 34.0 Å². The van der Waals surface area contributed by atoms with E-state index in [0.717, 1.165) is 29.7 Å². The Bertz CT molecular complexity index is 751. The number of aromatic nitrogens is 2. The molecule has 0 amide bonds. The molecular formula is C16H18N4S. The molecule has 0 fully saturated rings. The molecule has 0 saturated heterocycles. The largest absolute Gasteiger partial charge is 0.364 e. The van der Waals surface area contributed by atoms with Crippen LogP contribution in [0.25, 0.3) is 10.9 Å². The highest BCUT2D eigenvalue weighted by atomic mass is 32.1. The van der Waals surface area contributed by atoms with Crippen LogP contribution in [0, 0.1) is 0 Å². The smallest absolute Gasteiger partial charge is 0.224 e. The Morgan fingerprint density at radius 3 is 2.81 bits per heavy atom. The summed E-state index contributed by atoms with van der Waals surface area (Å²) < 4.78 is 0. The van der Waals surface area contributed by atoms with Gasteiger partial charge in [0.1, 0.15) is 5.82 Å². The molecule has 1 aromatic carbocycles. The predicted molar refractivity (Wildman–Crippen MR) is 90.1 cm³/mol. The summed E-state index contributed by atoms with van der Waals surface area (Å²) in [5.41, 5.74) is 2.35. The average molecular weight is 298 g/mol. The van der Waals surface area contributed by atoms with Crippen LogP contribution >= 0.6 is 11.3 Å². The number of anilines is 2. The van der Waals surface area contributed by atoms with E-state index in [9.17, 15) is 0 Å². The maximum atomic E-state index is 4.55. The normalized spacial score (nSPS) is 10.8. The summed E-state index contributed by atoms with van der Waals surface area (Å²) >= 11 is 1.79. The predicted octanol–water partition coefficient (Wildman–Crippen LogP) is 3.91. The van der Waals surface area contributed by atoms with Crippen LogP contribution in [0.5, 0.6) is 0 Å². The first-order chi connectivity index (χ1) is 10.3. The molecule has 0 atom stereocenters. The first kappa shape index (κ1) is 13.8. The van der Waals surface area contributed by atoms with Crippen LogP contribution in [0.3, 0.4) is 0 Å². The number of nitrogens with zero attached hydrogens (tertiary/aromatic N) is 2. The molecule has 108 valence electrons. The van der Waals surface area contributed by atoms with E-state index in [1.165, 1.54) is 10.4 Å². The fraction of sp³-hybridized carbons (Fsp3) is 0.250. The van der Waals surface area contributed by atoms with Crippen LogP contribution < -0.4 is 10.6 Å². The van der Waals surface area contributed by atoms with Gasteiger partial charge in [-0.1, -0.05) is 19.1 Å². The minimum atomic E-state index is 0.637. The summed E-state index contributed by atoms with van der Waals surface area (Å²) in [7, 11) is 1.84. The van der Waals surface area contributed by atoms with Gasteiger partial charge in [-0.25, -0.2) is 4.98 Å². The number of hydrogen-bond donors (Lipinski definition) is 2. The van der Waals surface area contributed by atoms with Gasteiger partial charge >= 0.3 is 0 Å². The lowest BCUT2D eigenvalue weighted by atomic mass is 10.2. The molecule has 0 aliphatic rings. The highest BCUT2D eigenvalue weighted by Crippen LogP contribution is 2.24. The van der Waals surface area contributed by atoms with E-state index in [4.69, 9.17) is 0 Å². The Morgan fingerprint density at radius 1 is 1.14 bits per heavy atom. The van der Waals surface area contributed by atoms with Gasteiger partial charge in [0, 0.05) is 17.3 Å². The van der Waals surface area contributed by atoms with Gasteiger partial charge in [-0.2, -0.15) is 4.98 Å². The third kappa shape index (κ3) is 2.83. The number of nitrogens with one attached hydrogen (secondary N) is 2. The Labute approximate surface area is 128 Å². The second kappa shape index (κ2) is 6.10. The fourth-order valence-corrected chi connectivity index (χ4v) is 3.24. The molecule has 21 heavy (non-hydrogen) atoms. The summed E-state index contributed by atoms with van der Waals surface area (Å²) in [6.45, 7) is 2.98. The van der Waals surface area contributed by atoms with Crippen molar-refractivity contribution in [3.63, 3.8) is 0 Å². The molecule has 3 aromatic rings. The zero-order valence-corrected chi connectivity index (χ0v) is 13.0.